The van der Waals surface area contributed by atoms with E-state index in [1.807, 2.05) is 0 Å². The van der Waals surface area contributed by atoms with Crippen LogP contribution in [0.2, 0.25) is 0 Å². The number of carbonyl (C=O) groups is 2. The lowest BCUT2D eigenvalue weighted by Crippen LogP contribution is -2.39. The van der Waals surface area contributed by atoms with Crippen LogP contribution in [-0.4, -0.2) is 31.1 Å². The fourth-order valence-corrected chi connectivity index (χ4v) is 0.921. The summed E-state index contributed by atoms with van der Waals surface area (Å²) in [5.41, 5.74) is 5.56. The highest BCUT2D eigenvalue weighted by molar-refractivity contribution is 5.79. The predicted octanol–water partition coefficient (Wildman–Crippen LogP) is 0.0391. The van der Waals surface area contributed by atoms with Crippen LogP contribution in [0.25, 0.3) is 0 Å². The van der Waals surface area contributed by atoms with E-state index < -0.39 is 0 Å². The minimum atomic E-state index is -0.300. The van der Waals surface area contributed by atoms with Gasteiger partial charge in [-0.1, -0.05) is 6.92 Å². The summed E-state index contributed by atoms with van der Waals surface area (Å²) in [6.45, 7) is 5.94. The third-order valence-electron chi connectivity index (χ3n) is 2.14. The largest absolute Gasteiger partial charge is 0.466 e. The van der Waals surface area contributed by atoms with E-state index in [1.54, 1.807) is 20.8 Å². The van der Waals surface area contributed by atoms with Crippen molar-refractivity contribution in [1.29, 1.82) is 0 Å². The maximum atomic E-state index is 11.4. The minimum absolute atomic E-state index is 0.130. The minimum Gasteiger partial charge on any atom is -0.466 e. The van der Waals surface area contributed by atoms with Crippen LogP contribution in [0.5, 0.6) is 0 Å². The Morgan fingerprint density at radius 2 is 2.00 bits per heavy atom. The molecule has 0 saturated heterocycles. The Hall–Kier alpha value is -1.10. The van der Waals surface area contributed by atoms with Crippen molar-refractivity contribution in [2.45, 2.75) is 33.2 Å². The third kappa shape index (κ3) is 6.06. The van der Waals surface area contributed by atoms with Gasteiger partial charge in [0.15, 0.2) is 0 Å². The van der Waals surface area contributed by atoms with Crippen molar-refractivity contribution in [2.75, 3.05) is 13.2 Å². The summed E-state index contributed by atoms with van der Waals surface area (Å²) >= 11 is 0. The van der Waals surface area contributed by atoms with Crippen molar-refractivity contribution < 1.29 is 14.3 Å². The third-order valence-corrected chi connectivity index (χ3v) is 2.14. The molecule has 0 aromatic rings. The molecule has 0 aliphatic rings. The number of carbonyl (C=O) groups excluding carboxylic acids is 2. The highest BCUT2D eigenvalue weighted by Gasteiger charge is 2.16. The molecule has 0 aromatic heterocycles. The van der Waals surface area contributed by atoms with Crippen molar-refractivity contribution in [3.8, 4) is 0 Å². The molecule has 0 aliphatic heterocycles. The standard InChI is InChI=1S/C10H20N2O3/c1-4-15-9(13)5-6-12-10(14)7(2)8(3)11/h7-8H,4-6,11H2,1-3H3,(H,12,14). The molecular formula is C10H20N2O3. The monoisotopic (exact) mass is 216 g/mol. The van der Waals surface area contributed by atoms with Gasteiger partial charge in [-0.3, -0.25) is 9.59 Å². The van der Waals surface area contributed by atoms with Gasteiger partial charge in [0.2, 0.25) is 5.91 Å². The summed E-state index contributed by atoms with van der Waals surface area (Å²) in [6, 6.07) is -0.187. The molecule has 0 aromatic carbocycles. The fourth-order valence-electron chi connectivity index (χ4n) is 0.921. The van der Waals surface area contributed by atoms with E-state index in [0.29, 0.717) is 13.2 Å². The Labute approximate surface area is 90.4 Å². The Morgan fingerprint density at radius 1 is 1.40 bits per heavy atom. The molecule has 88 valence electrons. The number of esters is 1. The van der Waals surface area contributed by atoms with Crippen LogP contribution in [0.15, 0.2) is 0 Å². The summed E-state index contributed by atoms with van der Waals surface area (Å²) < 4.78 is 4.72. The topological polar surface area (TPSA) is 81.4 Å². The van der Waals surface area contributed by atoms with Crippen LogP contribution in [-0.2, 0) is 14.3 Å². The number of nitrogens with one attached hydrogen (secondary N) is 1. The van der Waals surface area contributed by atoms with Crippen LogP contribution in [0.4, 0.5) is 0 Å². The van der Waals surface area contributed by atoms with E-state index in [9.17, 15) is 9.59 Å². The van der Waals surface area contributed by atoms with Crippen LogP contribution in [0.3, 0.4) is 0 Å². The molecule has 0 bridgehead atoms. The Balaban J connectivity index is 3.68. The average molecular weight is 216 g/mol. The maximum absolute atomic E-state index is 11.4. The van der Waals surface area contributed by atoms with E-state index in [0.717, 1.165) is 0 Å². The first kappa shape index (κ1) is 13.9. The van der Waals surface area contributed by atoms with Crippen LogP contribution >= 0.6 is 0 Å². The SMILES string of the molecule is CCOC(=O)CCNC(=O)C(C)C(C)N. The number of hydrogen-bond donors (Lipinski definition) is 2. The highest BCUT2D eigenvalue weighted by Crippen LogP contribution is 1.99. The van der Waals surface area contributed by atoms with Gasteiger partial charge in [-0.15, -0.1) is 0 Å². The van der Waals surface area contributed by atoms with Crippen molar-refractivity contribution >= 4 is 11.9 Å². The molecule has 2 atom stereocenters. The second-order valence-corrected chi connectivity index (χ2v) is 3.49. The van der Waals surface area contributed by atoms with E-state index in [2.05, 4.69) is 5.32 Å². The lowest BCUT2D eigenvalue weighted by atomic mass is 10.0. The molecule has 0 radical (unpaired) electrons. The van der Waals surface area contributed by atoms with E-state index >= 15 is 0 Å². The lowest BCUT2D eigenvalue weighted by Gasteiger charge is -2.14. The van der Waals surface area contributed by atoms with Gasteiger partial charge in [0.05, 0.1) is 13.0 Å². The Kier molecular flexibility index (Phi) is 6.70. The number of rotatable bonds is 6. The highest BCUT2D eigenvalue weighted by atomic mass is 16.5. The predicted molar refractivity (Wildman–Crippen MR) is 57.1 cm³/mol. The normalized spacial score (nSPS) is 14.1. The van der Waals surface area contributed by atoms with Gasteiger partial charge in [0.25, 0.3) is 0 Å². The van der Waals surface area contributed by atoms with E-state index in [-0.39, 0.29) is 30.3 Å². The second-order valence-electron chi connectivity index (χ2n) is 3.49. The molecule has 1 amide bonds. The van der Waals surface area contributed by atoms with Gasteiger partial charge in [0.1, 0.15) is 0 Å². The van der Waals surface area contributed by atoms with Crippen molar-refractivity contribution in [3.63, 3.8) is 0 Å². The molecule has 0 heterocycles. The molecule has 0 spiro atoms. The number of ether oxygens (including phenoxy) is 1. The van der Waals surface area contributed by atoms with E-state index in [1.165, 1.54) is 0 Å². The summed E-state index contributed by atoms with van der Waals surface area (Å²) in [7, 11) is 0. The maximum Gasteiger partial charge on any atom is 0.307 e. The molecule has 0 saturated carbocycles. The molecule has 15 heavy (non-hydrogen) atoms. The molecule has 0 aliphatic carbocycles. The summed E-state index contributed by atoms with van der Waals surface area (Å²) in [6.07, 6.45) is 0.200. The smallest absolute Gasteiger partial charge is 0.307 e. The first-order valence-electron chi connectivity index (χ1n) is 5.18. The molecule has 2 unspecified atom stereocenters. The first-order chi connectivity index (χ1) is 6.99. The van der Waals surface area contributed by atoms with Crippen LogP contribution in [0.1, 0.15) is 27.2 Å². The van der Waals surface area contributed by atoms with Gasteiger partial charge in [-0.2, -0.15) is 0 Å². The quantitative estimate of drug-likeness (QED) is 0.614. The summed E-state index contributed by atoms with van der Waals surface area (Å²) in [4.78, 5) is 22.3. The zero-order valence-corrected chi connectivity index (χ0v) is 9.58. The van der Waals surface area contributed by atoms with Gasteiger partial charge < -0.3 is 15.8 Å². The number of hydrogen-bond acceptors (Lipinski definition) is 4. The van der Waals surface area contributed by atoms with Gasteiger partial charge in [-0.05, 0) is 13.8 Å². The summed E-state index contributed by atoms with van der Waals surface area (Å²) in [5.74, 6) is -0.673. The van der Waals surface area contributed by atoms with E-state index in [4.69, 9.17) is 10.5 Å². The van der Waals surface area contributed by atoms with Crippen molar-refractivity contribution in [1.82, 2.24) is 5.32 Å². The zero-order valence-electron chi connectivity index (χ0n) is 9.58. The molecule has 5 heteroatoms. The Bertz CT molecular complexity index is 217. The molecule has 0 fully saturated rings. The molecule has 5 nitrogen and oxygen atoms in total. The second kappa shape index (κ2) is 7.23. The summed E-state index contributed by atoms with van der Waals surface area (Å²) in [5, 5.41) is 2.63. The zero-order chi connectivity index (χ0) is 11.8. The first-order valence-corrected chi connectivity index (χ1v) is 5.18. The molecule has 3 N–H and O–H groups in total. The fraction of sp³-hybridized carbons (Fsp3) is 0.800. The molecule has 0 rings (SSSR count). The van der Waals surface area contributed by atoms with Crippen LogP contribution in [0, 0.1) is 5.92 Å². The molecular weight excluding hydrogens is 196 g/mol. The average Bonchev–Trinajstić information content (AvgIpc) is 2.16. The van der Waals surface area contributed by atoms with Crippen LogP contribution < -0.4 is 11.1 Å². The van der Waals surface area contributed by atoms with Crippen molar-refractivity contribution in [3.05, 3.63) is 0 Å². The van der Waals surface area contributed by atoms with Gasteiger partial charge in [-0.25, -0.2) is 0 Å². The Morgan fingerprint density at radius 3 is 2.47 bits per heavy atom. The van der Waals surface area contributed by atoms with Gasteiger partial charge in [0, 0.05) is 18.5 Å². The number of nitrogens with two attached hydrogens (primary N) is 1. The lowest BCUT2D eigenvalue weighted by molar-refractivity contribution is -0.143. The number of amides is 1. The van der Waals surface area contributed by atoms with Crippen molar-refractivity contribution in [2.24, 2.45) is 11.7 Å². The van der Waals surface area contributed by atoms with Gasteiger partial charge >= 0.3 is 5.97 Å².